The van der Waals surface area contributed by atoms with Crippen molar-refractivity contribution in [3.8, 4) is 0 Å². The quantitative estimate of drug-likeness (QED) is 0.574. The highest BCUT2D eigenvalue weighted by molar-refractivity contribution is 5.85. The molecular formula is C22H29ClF2N2O2. The van der Waals surface area contributed by atoms with Crippen LogP contribution in [0, 0.1) is 17.6 Å². The van der Waals surface area contributed by atoms with Gasteiger partial charge >= 0.3 is 0 Å². The summed E-state index contributed by atoms with van der Waals surface area (Å²) in [5, 5.41) is 13.8. The SMILES string of the molecule is CCc1cccc(C(C)(C)NC[C@H](O)[C@H](Cc2cc(F)cc(F)c2)C(N)=O)c1.Cl. The summed E-state index contributed by atoms with van der Waals surface area (Å²) in [4.78, 5) is 11.8. The molecule has 0 aliphatic carbocycles. The van der Waals surface area contributed by atoms with Crippen molar-refractivity contribution in [1.29, 1.82) is 0 Å². The minimum Gasteiger partial charge on any atom is -0.391 e. The standard InChI is InChI=1S/C22H28F2N2O2.ClH/c1-4-14-6-5-7-16(8-14)22(2,3)26-13-20(27)19(21(25)28)11-15-9-17(23)12-18(24)10-15;/h5-10,12,19-20,26-27H,4,11,13H2,1-3H3,(H2,25,28);1H/t19-,20-;/m0./s1. The van der Waals surface area contributed by atoms with E-state index in [1.54, 1.807) is 0 Å². The van der Waals surface area contributed by atoms with Crippen LogP contribution in [-0.2, 0) is 23.2 Å². The molecule has 0 radical (unpaired) electrons. The number of halogens is 3. The van der Waals surface area contributed by atoms with Gasteiger partial charge < -0.3 is 16.2 Å². The molecule has 0 heterocycles. The predicted molar refractivity (Wildman–Crippen MR) is 113 cm³/mol. The number of carbonyl (C=O) groups is 1. The van der Waals surface area contributed by atoms with E-state index in [2.05, 4.69) is 24.4 Å². The molecule has 1 amide bonds. The summed E-state index contributed by atoms with van der Waals surface area (Å²) in [7, 11) is 0. The van der Waals surface area contributed by atoms with Gasteiger partial charge in [-0.3, -0.25) is 4.79 Å². The van der Waals surface area contributed by atoms with Crippen LogP contribution in [0.5, 0.6) is 0 Å². The zero-order valence-corrected chi connectivity index (χ0v) is 17.7. The molecule has 29 heavy (non-hydrogen) atoms. The van der Waals surface area contributed by atoms with Crippen molar-refractivity contribution in [2.45, 2.75) is 45.3 Å². The summed E-state index contributed by atoms with van der Waals surface area (Å²) in [5.74, 6) is -3.15. The molecule has 7 heteroatoms. The third kappa shape index (κ3) is 7.07. The Hall–Kier alpha value is -2.02. The van der Waals surface area contributed by atoms with E-state index in [0.717, 1.165) is 30.2 Å². The van der Waals surface area contributed by atoms with Gasteiger partial charge in [0.05, 0.1) is 12.0 Å². The number of amides is 1. The minimum absolute atomic E-state index is 0. The zero-order valence-electron chi connectivity index (χ0n) is 16.9. The van der Waals surface area contributed by atoms with Gasteiger partial charge in [-0.25, -0.2) is 8.78 Å². The maximum atomic E-state index is 13.4. The molecule has 2 aromatic rings. The topological polar surface area (TPSA) is 75.3 Å². The number of rotatable bonds is 9. The Kier molecular flexibility index (Phi) is 9.20. The predicted octanol–water partition coefficient (Wildman–Crippen LogP) is 3.48. The molecule has 4 nitrogen and oxygen atoms in total. The fourth-order valence-corrected chi connectivity index (χ4v) is 3.19. The van der Waals surface area contributed by atoms with Crippen LogP contribution in [0.2, 0.25) is 0 Å². The smallest absolute Gasteiger partial charge is 0.223 e. The highest BCUT2D eigenvalue weighted by Crippen LogP contribution is 2.22. The van der Waals surface area contributed by atoms with Gasteiger partial charge in [0.25, 0.3) is 0 Å². The number of carbonyl (C=O) groups excluding carboxylic acids is 1. The molecular weight excluding hydrogens is 398 g/mol. The Morgan fingerprint density at radius 2 is 1.76 bits per heavy atom. The van der Waals surface area contributed by atoms with E-state index in [1.807, 2.05) is 26.0 Å². The molecule has 0 spiro atoms. The van der Waals surface area contributed by atoms with Crippen LogP contribution in [0.15, 0.2) is 42.5 Å². The summed E-state index contributed by atoms with van der Waals surface area (Å²) >= 11 is 0. The van der Waals surface area contributed by atoms with Crippen LogP contribution in [0.3, 0.4) is 0 Å². The number of nitrogens with one attached hydrogen (secondary N) is 1. The first-order valence-electron chi connectivity index (χ1n) is 9.39. The molecule has 0 bridgehead atoms. The first-order valence-corrected chi connectivity index (χ1v) is 9.39. The second-order valence-corrected chi connectivity index (χ2v) is 7.62. The molecule has 2 atom stereocenters. The lowest BCUT2D eigenvalue weighted by molar-refractivity contribution is -0.125. The lowest BCUT2D eigenvalue weighted by Gasteiger charge is -2.30. The lowest BCUT2D eigenvalue weighted by atomic mass is 9.90. The van der Waals surface area contributed by atoms with Crippen molar-refractivity contribution in [3.05, 3.63) is 70.8 Å². The molecule has 2 aromatic carbocycles. The summed E-state index contributed by atoms with van der Waals surface area (Å²) in [6.07, 6.45) is -0.225. The Morgan fingerprint density at radius 1 is 1.14 bits per heavy atom. The normalized spacial score (nSPS) is 13.4. The van der Waals surface area contributed by atoms with Gasteiger partial charge in [-0.1, -0.05) is 31.2 Å². The second kappa shape index (κ2) is 10.7. The first-order chi connectivity index (χ1) is 13.1. The zero-order chi connectivity index (χ0) is 20.9. The van der Waals surface area contributed by atoms with Gasteiger partial charge in [0, 0.05) is 18.2 Å². The molecule has 0 saturated carbocycles. The van der Waals surface area contributed by atoms with E-state index >= 15 is 0 Å². The van der Waals surface area contributed by atoms with Gasteiger partial charge in [0.1, 0.15) is 11.6 Å². The summed E-state index contributed by atoms with van der Waals surface area (Å²) in [6.45, 7) is 6.15. The van der Waals surface area contributed by atoms with Crippen LogP contribution < -0.4 is 11.1 Å². The van der Waals surface area contributed by atoms with Crippen molar-refractivity contribution in [2.75, 3.05) is 6.54 Å². The van der Waals surface area contributed by atoms with Crippen molar-refractivity contribution >= 4 is 18.3 Å². The van der Waals surface area contributed by atoms with Crippen LogP contribution in [0.1, 0.15) is 37.5 Å². The van der Waals surface area contributed by atoms with Crippen LogP contribution in [0.4, 0.5) is 8.78 Å². The minimum atomic E-state index is -1.10. The van der Waals surface area contributed by atoms with Gasteiger partial charge in [-0.2, -0.15) is 0 Å². The molecule has 0 aromatic heterocycles. The number of aryl methyl sites for hydroxylation is 1. The summed E-state index contributed by atoms with van der Waals surface area (Å²) < 4.78 is 26.8. The average molecular weight is 427 g/mol. The number of nitrogens with two attached hydrogens (primary N) is 1. The van der Waals surface area contributed by atoms with Crippen molar-refractivity contribution in [2.24, 2.45) is 11.7 Å². The fourth-order valence-electron chi connectivity index (χ4n) is 3.19. The van der Waals surface area contributed by atoms with E-state index in [4.69, 9.17) is 5.73 Å². The van der Waals surface area contributed by atoms with E-state index in [0.29, 0.717) is 0 Å². The van der Waals surface area contributed by atoms with Crippen LogP contribution in [0.25, 0.3) is 0 Å². The van der Waals surface area contributed by atoms with E-state index in [1.165, 1.54) is 5.56 Å². The summed E-state index contributed by atoms with van der Waals surface area (Å²) in [5.41, 5.74) is 7.53. The highest BCUT2D eigenvalue weighted by Gasteiger charge is 2.28. The number of hydrogen-bond acceptors (Lipinski definition) is 3. The van der Waals surface area contributed by atoms with E-state index in [-0.39, 0.29) is 30.9 Å². The van der Waals surface area contributed by atoms with Gasteiger partial charge in [0.2, 0.25) is 5.91 Å². The fraction of sp³-hybridized carbons (Fsp3) is 0.409. The maximum absolute atomic E-state index is 13.4. The number of hydrogen-bond donors (Lipinski definition) is 3. The number of primary amides is 1. The highest BCUT2D eigenvalue weighted by atomic mass is 35.5. The third-order valence-corrected chi connectivity index (χ3v) is 5.02. The molecule has 0 aliphatic rings. The molecule has 0 fully saturated rings. The lowest BCUT2D eigenvalue weighted by Crippen LogP contribution is -2.46. The van der Waals surface area contributed by atoms with Crippen molar-refractivity contribution in [3.63, 3.8) is 0 Å². The molecule has 0 unspecified atom stereocenters. The van der Waals surface area contributed by atoms with E-state index in [9.17, 15) is 18.7 Å². The van der Waals surface area contributed by atoms with Crippen molar-refractivity contribution < 1.29 is 18.7 Å². The van der Waals surface area contributed by atoms with Gasteiger partial charge in [-0.15, -0.1) is 12.4 Å². The number of benzene rings is 2. The number of aliphatic hydroxyl groups is 1. The van der Waals surface area contributed by atoms with E-state index < -0.39 is 35.1 Å². The van der Waals surface area contributed by atoms with Gasteiger partial charge in [-0.05, 0) is 55.5 Å². The summed E-state index contributed by atoms with van der Waals surface area (Å²) in [6, 6.07) is 11.2. The molecule has 0 aliphatic heterocycles. The Balaban J connectivity index is 0.00000420. The number of aliphatic hydroxyl groups excluding tert-OH is 1. The maximum Gasteiger partial charge on any atom is 0.223 e. The Bertz CT molecular complexity index is 810. The third-order valence-electron chi connectivity index (χ3n) is 5.02. The molecule has 2 rings (SSSR count). The van der Waals surface area contributed by atoms with Gasteiger partial charge in [0.15, 0.2) is 0 Å². The Morgan fingerprint density at radius 3 is 2.31 bits per heavy atom. The average Bonchev–Trinajstić information content (AvgIpc) is 2.63. The van der Waals surface area contributed by atoms with Crippen LogP contribution >= 0.6 is 12.4 Å². The second-order valence-electron chi connectivity index (χ2n) is 7.62. The monoisotopic (exact) mass is 426 g/mol. The molecule has 160 valence electrons. The molecule has 4 N–H and O–H groups in total. The Labute approximate surface area is 176 Å². The van der Waals surface area contributed by atoms with Crippen molar-refractivity contribution in [1.82, 2.24) is 5.32 Å². The largest absolute Gasteiger partial charge is 0.391 e. The van der Waals surface area contributed by atoms with Crippen LogP contribution in [-0.4, -0.2) is 23.7 Å². The first kappa shape index (κ1) is 25.0. The molecule has 0 saturated heterocycles.